The number of aliphatic hydroxyl groups excluding tert-OH is 1. The van der Waals surface area contributed by atoms with Crippen LogP contribution in [0, 0.1) is 5.92 Å². The molecule has 0 aliphatic carbocycles. The van der Waals surface area contributed by atoms with E-state index in [1.54, 1.807) is 38.1 Å². The fourth-order valence-electron chi connectivity index (χ4n) is 4.14. The molecule has 1 aromatic carbocycles. The van der Waals surface area contributed by atoms with E-state index >= 15 is 0 Å². The maximum atomic E-state index is 13.5. The predicted molar refractivity (Wildman–Crippen MR) is 130 cm³/mol. The van der Waals surface area contributed by atoms with Gasteiger partial charge in [-0.1, -0.05) is 44.2 Å². The molecule has 4 atom stereocenters. The minimum atomic E-state index is -1.16. The van der Waals surface area contributed by atoms with Crippen molar-refractivity contribution in [2.24, 2.45) is 5.92 Å². The summed E-state index contributed by atoms with van der Waals surface area (Å²) in [5.74, 6) is -0.0820. The first-order valence-electron chi connectivity index (χ1n) is 11.7. The van der Waals surface area contributed by atoms with Crippen molar-refractivity contribution in [3.8, 4) is 0 Å². The maximum Gasteiger partial charge on any atom is 0.407 e. The lowest BCUT2D eigenvalue weighted by molar-refractivity contribution is -0.133. The highest BCUT2D eigenvalue weighted by molar-refractivity contribution is 5.85. The Morgan fingerprint density at radius 3 is 2.38 bits per heavy atom. The van der Waals surface area contributed by atoms with E-state index in [1.807, 2.05) is 56.3 Å². The minimum absolute atomic E-state index is 0.120. The number of nitrogens with zero attached hydrogens (tertiary/aromatic N) is 2. The first-order valence-corrected chi connectivity index (χ1v) is 11.7. The van der Waals surface area contributed by atoms with Gasteiger partial charge >= 0.3 is 6.09 Å². The van der Waals surface area contributed by atoms with Gasteiger partial charge < -0.3 is 20.1 Å². The number of carbonyl (C=O) groups is 2. The molecule has 34 heavy (non-hydrogen) atoms. The summed E-state index contributed by atoms with van der Waals surface area (Å²) in [6.07, 6.45) is 1.69. The Labute approximate surface area is 201 Å². The topological polar surface area (TPSA) is 104 Å². The van der Waals surface area contributed by atoms with Crippen molar-refractivity contribution in [1.82, 2.24) is 20.5 Å². The second kappa shape index (κ2) is 11.0. The molecule has 1 aromatic heterocycles. The van der Waals surface area contributed by atoms with Crippen LogP contribution in [0.1, 0.15) is 45.7 Å². The Hall–Kier alpha value is -2.97. The largest absolute Gasteiger partial charge is 0.444 e. The van der Waals surface area contributed by atoms with Crippen molar-refractivity contribution in [2.75, 3.05) is 0 Å². The molecule has 1 unspecified atom stereocenters. The average Bonchev–Trinajstić information content (AvgIpc) is 3.09. The van der Waals surface area contributed by atoms with Crippen LogP contribution in [-0.2, 0) is 22.5 Å². The number of aliphatic hydroxyl groups is 1. The number of amides is 2. The van der Waals surface area contributed by atoms with Gasteiger partial charge in [-0.3, -0.25) is 15.1 Å². The summed E-state index contributed by atoms with van der Waals surface area (Å²) in [4.78, 5) is 31.8. The predicted octanol–water partition coefficient (Wildman–Crippen LogP) is 2.86. The SMILES string of the molecule is CC(C)C1N[C@@H]([C@@H](O)[C@H](Cc2ccccc2)NC(=O)OC(C)(C)C)C(=O)N1Cc1ccncc1. The summed E-state index contributed by atoms with van der Waals surface area (Å²) in [5.41, 5.74) is 1.21. The number of alkyl carbamates (subject to hydrolysis) is 1. The summed E-state index contributed by atoms with van der Waals surface area (Å²) < 4.78 is 5.42. The second-order valence-corrected chi connectivity index (χ2v) is 10.1. The molecular formula is C26H36N4O4. The van der Waals surface area contributed by atoms with Crippen LogP contribution in [0.4, 0.5) is 4.79 Å². The molecule has 2 heterocycles. The fraction of sp³-hybridized carbons (Fsp3) is 0.500. The van der Waals surface area contributed by atoms with Crippen molar-refractivity contribution >= 4 is 12.0 Å². The summed E-state index contributed by atoms with van der Waals surface area (Å²) >= 11 is 0. The van der Waals surface area contributed by atoms with Gasteiger partial charge in [-0.25, -0.2) is 4.79 Å². The maximum absolute atomic E-state index is 13.5. The van der Waals surface area contributed by atoms with Crippen LogP contribution in [0.15, 0.2) is 54.9 Å². The number of ether oxygens (including phenoxy) is 1. The third-order valence-electron chi connectivity index (χ3n) is 5.72. The Balaban J connectivity index is 1.82. The van der Waals surface area contributed by atoms with Gasteiger partial charge in [0.2, 0.25) is 5.91 Å². The highest BCUT2D eigenvalue weighted by atomic mass is 16.6. The zero-order valence-electron chi connectivity index (χ0n) is 20.6. The highest BCUT2D eigenvalue weighted by Gasteiger charge is 2.46. The van der Waals surface area contributed by atoms with Gasteiger partial charge in [-0.2, -0.15) is 0 Å². The van der Waals surface area contributed by atoms with Crippen LogP contribution in [0.5, 0.6) is 0 Å². The second-order valence-electron chi connectivity index (χ2n) is 10.1. The van der Waals surface area contributed by atoms with Crippen molar-refractivity contribution in [3.63, 3.8) is 0 Å². The van der Waals surface area contributed by atoms with Gasteiger partial charge in [0, 0.05) is 18.9 Å². The van der Waals surface area contributed by atoms with E-state index in [2.05, 4.69) is 15.6 Å². The normalized spacial score (nSPS) is 20.3. The number of pyridine rings is 1. The van der Waals surface area contributed by atoms with Gasteiger partial charge in [0.25, 0.3) is 0 Å². The van der Waals surface area contributed by atoms with Gasteiger partial charge in [-0.05, 0) is 56.4 Å². The summed E-state index contributed by atoms with van der Waals surface area (Å²) in [7, 11) is 0. The molecule has 0 spiro atoms. The molecule has 1 fully saturated rings. The molecule has 1 saturated heterocycles. The number of rotatable bonds is 8. The van der Waals surface area contributed by atoms with Crippen LogP contribution >= 0.6 is 0 Å². The number of aromatic nitrogens is 1. The van der Waals surface area contributed by atoms with Gasteiger partial charge in [0.05, 0.1) is 18.3 Å². The number of carbonyl (C=O) groups excluding carboxylic acids is 2. The van der Waals surface area contributed by atoms with Crippen LogP contribution in [0.25, 0.3) is 0 Å². The first-order chi connectivity index (χ1) is 16.0. The van der Waals surface area contributed by atoms with Gasteiger partial charge in [0.15, 0.2) is 0 Å². The van der Waals surface area contributed by atoms with E-state index in [-0.39, 0.29) is 18.0 Å². The van der Waals surface area contributed by atoms with E-state index in [1.165, 1.54) is 0 Å². The Bertz CT molecular complexity index is 946. The molecule has 0 radical (unpaired) electrons. The molecule has 184 valence electrons. The lowest BCUT2D eigenvalue weighted by Gasteiger charge is -2.29. The molecule has 2 amide bonds. The van der Waals surface area contributed by atoms with Crippen LogP contribution in [-0.4, -0.2) is 56.9 Å². The average molecular weight is 469 g/mol. The van der Waals surface area contributed by atoms with Crippen molar-refractivity contribution in [2.45, 2.75) is 77.5 Å². The van der Waals surface area contributed by atoms with E-state index in [0.717, 1.165) is 11.1 Å². The van der Waals surface area contributed by atoms with Crippen LogP contribution in [0.3, 0.4) is 0 Å². The van der Waals surface area contributed by atoms with E-state index in [9.17, 15) is 14.7 Å². The number of benzene rings is 1. The number of hydrogen-bond donors (Lipinski definition) is 3. The van der Waals surface area contributed by atoms with Gasteiger partial charge in [0.1, 0.15) is 11.6 Å². The molecule has 8 heteroatoms. The number of nitrogens with one attached hydrogen (secondary N) is 2. The summed E-state index contributed by atoms with van der Waals surface area (Å²) in [6.45, 7) is 9.80. The molecule has 1 aliphatic rings. The van der Waals surface area contributed by atoms with E-state index < -0.39 is 29.9 Å². The van der Waals surface area contributed by atoms with Crippen molar-refractivity contribution < 1.29 is 19.4 Å². The lowest BCUT2D eigenvalue weighted by Crippen LogP contribution is -2.55. The standard InChI is InChI=1S/C26H36N4O4/c1-17(2)23-29-21(24(32)30(23)16-19-11-13-27-14-12-19)22(31)20(15-18-9-7-6-8-10-18)28-25(33)34-26(3,4)5/h6-14,17,20-23,29,31H,15-16H2,1-5H3,(H,28,33)/t20-,21-,22-,23?/m0/s1. The molecule has 0 bridgehead atoms. The molecule has 2 aromatic rings. The smallest absolute Gasteiger partial charge is 0.407 e. The van der Waals surface area contributed by atoms with Crippen molar-refractivity contribution in [3.05, 3.63) is 66.0 Å². The van der Waals surface area contributed by atoms with Gasteiger partial charge in [-0.15, -0.1) is 0 Å². The molecule has 1 aliphatic heterocycles. The number of hydrogen-bond acceptors (Lipinski definition) is 6. The summed E-state index contributed by atoms with van der Waals surface area (Å²) in [5, 5.41) is 17.5. The Morgan fingerprint density at radius 2 is 1.79 bits per heavy atom. The third kappa shape index (κ3) is 6.77. The van der Waals surface area contributed by atoms with Crippen molar-refractivity contribution in [1.29, 1.82) is 0 Å². The Morgan fingerprint density at radius 1 is 1.15 bits per heavy atom. The lowest BCUT2D eigenvalue weighted by atomic mass is 9.96. The zero-order chi connectivity index (χ0) is 24.9. The highest BCUT2D eigenvalue weighted by Crippen LogP contribution is 2.24. The monoisotopic (exact) mass is 468 g/mol. The zero-order valence-corrected chi connectivity index (χ0v) is 20.6. The summed E-state index contributed by atoms with van der Waals surface area (Å²) in [6, 6.07) is 11.7. The van der Waals surface area contributed by atoms with Crippen LogP contribution in [0.2, 0.25) is 0 Å². The molecular weight excluding hydrogens is 432 g/mol. The molecule has 8 nitrogen and oxygen atoms in total. The first kappa shape index (κ1) is 25.6. The van der Waals surface area contributed by atoms with Crippen LogP contribution < -0.4 is 10.6 Å². The van der Waals surface area contributed by atoms with E-state index in [4.69, 9.17) is 4.74 Å². The minimum Gasteiger partial charge on any atom is -0.444 e. The third-order valence-corrected chi connectivity index (χ3v) is 5.72. The quantitative estimate of drug-likeness (QED) is 0.550. The van der Waals surface area contributed by atoms with E-state index in [0.29, 0.717) is 13.0 Å². The fourth-order valence-corrected chi connectivity index (χ4v) is 4.14. The molecule has 3 N–H and O–H groups in total. The molecule has 0 saturated carbocycles. The molecule has 3 rings (SSSR count). The Kier molecular flexibility index (Phi) is 8.28.